The molecule has 1 aromatic carbocycles. The summed E-state index contributed by atoms with van der Waals surface area (Å²) < 4.78 is 11.8. The molecule has 2 heterocycles. The maximum Gasteiger partial charge on any atom is 0.344 e. The van der Waals surface area contributed by atoms with Crippen molar-refractivity contribution in [3.05, 3.63) is 63.0 Å². The van der Waals surface area contributed by atoms with Crippen molar-refractivity contribution in [1.29, 1.82) is 0 Å². The van der Waals surface area contributed by atoms with Gasteiger partial charge in [0.05, 0.1) is 17.5 Å². The van der Waals surface area contributed by atoms with E-state index in [-0.39, 0.29) is 5.56 Å². The van der Waals surface area contributed by atoms with Gasteiger partial charge in [-0.15, -0.1) is 0 Å². The molecule has 8 nitrogen and oxygen atoms in total. The van der Waals surface area contributed by atoms with Gasteiger partial charge in [-0.3, -0.25) is 9.59 Å². The molecule has 3 aromatic rings. The van der Waals surface area contributed by atoms with E-state index in [4.69, 9.17) is 21.1 Å². The average molecular weight is 430 g/mol. The third kappa shape index (κ3) is 4.44. The maximum absolute atomic E-state index is 12.7. The summed E-state index contributed by atoms with van der Waals surface area (Å²) >= 11 is 6.02. The van der Waals surface area contributed by atoms with Crippen LogP contribution in [0.5, 0.6) is 5.75 Å². The summed E-state index contributed by atoms with van der Waals surface area (Å²) in [6.07, 6.45) is 1.40. The van der Waals surface area contributed by atoms with Crippen LogP contribution in [0.1, 0.15) is 23.0 Å². The number of carbonyl (C=O) groups excluding carboxylic acids is 2. The molecule has 0 radical (unpaired) electrons. The van der Waals surface area contributed by atoms with Gasteiger partial charge < -0.3 is 19.4 Å². The highest BCUT2D eigenvalue weighted by Crippen LogP contribution is 2.27. The van der Waals surface area contributed by atoms with Crippen LogP contribution in [0.2, 0.25) is 5.02 Å². The Bertz CT molecular complexity index is 1190. The Balaban J connectivity index is 1.74. The van der Waals surface area contributed by atoms with Crippen LogP contribution in [0.3, 0.4) is 0 Å². The molecule has 0 fully saturated rings. The Morgan fingerprint density at radius 2 is 2.00 bits per heavy atom. The second-order valence-electron chi connectivity index (χ2n) is 6.46. The molecule has 0 aliphatic rings. The first-order valence-electron chi connectivity index (χ1n) is 9.15. The molecule has 0 bridgehead atoms. The standard InChI is InChI=1S/C21H20ClN3O5/c1-4-25-10-15(19(27)14-7-5-12(2)23-20(14)25)21(28)30-11-18(26)24-13-6-8-17(29-3)16(22)9-13/h5-10H,4,11H2,1-3H3,(H,24,26). The highest BCUT2D eigenvalue weighted by molar-refractivity contribution is 6.32. The SMILES string of the molecule is CCn1cc(C(=O)OCC(=O)Nc2ccc(OC)c(Cl)c2)c(=O)c2ccc(C)nc21. The minimum Gasteiger partial charge on any atom is -0.495 e. The minimum atomic E-state index is -0.882. The third-order valence-electron chi connectivity index (χ3n) is 4.39. The fraction of sp³-hybridized carbons (Fsp3) is 0.238. The van der Waals surface area contributed by atoms with E-state index >= 15 is 0 Å². The van der Waals surface area contributed by atoms with Gasteiger partial charge in [0.15, 0.2) is 6.61 Å². The number of hydrogen-bond donors (Lipinski definition) is 1. The molecule has 0 aliphatic heterocycles. The van der Waals surface area contributed by atoms with Crippen LogP contribution < -0.4 is 15.5 Å². The van der Waals surface area contributed by atoms with Gasteiger partial charge in [0.1, 0.15) is 17.0 Å². The lowest BCUT2D eigenvalue weighted by molar-refractivity contribution is -0.119. The number of halogens is 1. The third-order valence-corrected chi connectivity index (χ3v) is 4.69. The number of benzene rings is 1. The summed E-state index contributed by atoms with van der Waals surface area (Å²) in [7, 11) is 1.48. The average Bonchev–Trinajstić information content (AvgIpc) is 2.72. The van der Waals surface area contributed by atoms with E-state index in [0.717, 1.165) is 5.69 Å². The van der Waals surface area contributed by atoms with Gasteiger partial charge in [-0.05, 0) is 44.2 Å². The number of carbonyl (C=O) groups is 2. The number of anilines is 1. The number of methoxy groups -OCH3 is 1. The maximum atomic E-state index is 12.7. The molecule has 3 rings (SSSR count). The second kappa shape index (κ2) is 8.96. The Morgan fingerprint density at radius 1 is 1.23 bits per heavy atom. The largest absolute Gasteiger partial charge is 0.495 e. The van der Waals surface area contributed by atoms with Gasteiger partial charge in [0.2, 0.25) is 5.43 Å². The van der Waals surface area contributed by atoms with Crippen LogP contribution in [-0.2, 0) is 16.1 Å². The van der Waals surface area contributed by atoms with Crippen molar-refractivity contribution >= 4 is 40.2 Å². The molecule has 0 atom stereocenters. The summed E-state index contributed by atoms with van der Waals surface area (Å²) in [6.45, 7) is 3.64. The first-order valence-corrected chi connectivity index (χ1v) is 9.53. The number of pyridine rings is 2. The number of aromatic nitrogens is 2. The monoisotopic (exact) mass is 429 g/mol. The Hall–Kier alpha value is -3.39. The molecular formula is C21H20ClN3O5. The van der Waals surface area contributed by atoms with Crippen molar-refractivity contribution in [3.8, 4) is 5.75 Å². The molecule has 0 spiro atoms. The molecule has 1 amide bonds. The highest BCUT2D eigenvalue weighted by Gasteiger charge is 2.18. The Kier molecular flexibility index (Phi) is 6.37. The van der Waals surface area contributed by atoms with E-state index in [1.165, 1.54) is 19.4 Å². The fourth-order valence-corrected chi connectivity index (χ4v) is 3.15. The highest BCUT2D eigenvalue weighted by atomic mass is 35.5. The Morgan fingerprint density at radius 3 is 2.67 bits per heavy atom. The molecule has 0 saturated carbocycles. The van der Waals surface area contributed by atoms with Gasteiger partial charge in [0, 0.05) is 24.1 Å². The van der Waals surface area contributed by atoms with Crippen molar-refractivity contribution in [1.82, 2.24) is 9.55 Å². The number of rotatable bonds is 6. The van der Waals surface area contributed by atoms with Crippen molar-refractivity contribution in [2.24, 2.45) is 0 Å². The minimum absolute atomic E-state index is 0.157. The van der Waals surface area contributed by atoms with Crippen LogP contribution in [0, 0.1) is 6.92 Å². The van der Waals surface area contributed by atoms with E-state index in [0.29, 0.717) is 34.0 Å². The van der Waals surface area contributed by atoms with Crippen molar-refractivity contribution < 1.29 is 19.1 Å². The number of hydrogen-bond acceptors (Lipinski definition) is 6. The smallest absolute Gasteiger partial charge is 0.344 e. The summed E-state index contributed by atoms with van der Waals surface area (Å²) in [4.78, 5) is 41.7. The summed E-state index contributed by atoms with van der Waals surface area (Å²) in [5.74, 6) is -0.986. The predicted molar refractivity (Wildman–Crippen MR) is 113 cm³/mol. The van der Waals surface area contributed by atoms with Gasteiger partial charge >= 0.3 is 5.97 Å². The zero-order valence-corrected chi connectivity index (χ0v) is 17.4. The molecule has 0 aliphatic carbocycles. The second-order valence-corrected chi connectivity index (χ2v) is 6.86. The van der Waals surface area contributed by atoms with Gasteiger partial charge in [-0.25, -0.2) is 9.78 Å². The topological polar surface area (TPSA) is 99.5 Å². The van der Waals surface area contributed by atoms with E-state index in [2.05, 4.69) is 10.3 Å². The quantitative estimate of drug-likeness (QED) is 0.604. The molecule has 156 valence electrons. The normalized spacial score (nSPS) is 10.7. The van der Waals surface area contributed by atoms with Crippen molar-refractivity contribution in [3.63, 3.8) is 0 Å². The molecular weight excluding hydrogens is 410 g/mol. The van der Waals surface area contributed by atoms with E-state index in [1.54, 1.807) is 28.8 Å². The van der Waals surface area contributed by atoms with Crippen LogP contribution in [-0.4, -0.2) is 35.1 Å². The van der Waals surface area contributed by atoms with E-state index in [1.807, 2.05) is 13.8 Å². The molecule has 9 heteroatoms. The van der Waals surface area contributed by atoms with Gasteiger partial charge in [-0.1, -0.05) is 11.6 Å². The predicted octanol–water partition coefficient (Wildman–Crippen LogP) is 3.18. The van der Waals surface area contributed by atoms with Crippen LogP contribution in [0.25, 0.3) is 11.0 Å². The van der Waals surface area contributed by atoms with Crippen molar-refractivity contribution in [2.45, 2.75) is 20.4 Å². The molecule has 30 heavy (non-hydrogen) atoms. The van der Waals surface area contributed by atoms with Crippen LogP contribution >= 0.6 is 11.6 Å². The summed E-state index contributed by atoms with van der Waals surface area (Å²) in [5, 5.41) is 3.20. The fourth-order valence-electron chi connectivity index (χ4n) is 2.90. The van der Waals surface area contributed by atoms with E-state index < -0.39 is 23.9 Å². The first-order chi connectivity index (χ1) is 14.3. The van der Waals surface area contributed by atoms with Gasteiger partial charge in [0.25, 0.3) is 5.91 Å². The van der Waals surface area contributed by atoms with Crippen LogP contribution in [0.15, 0.2) is 41.3 Å². The number of amides is 1. The molecule has 2 aromatic heterocycles. The Labute approximate surface area is 177 Å². The number of ether oxygens (including phenoxy) is 2. The molecule has 0 saturated heterocycles. The number of esters is 1. The number of nitrogens with zero attached hydrogens (tertiary/aromatic N) is 2. The zero-order chi connectivity index (χ0) is 21.8. The zero-order valence-electron chi connectivity index (χ0n) is 16.7. The summed E-state index contributed by atoms with van der Waals surface area (Å²) in [5.41, 5.74) is 1.02. The summed E-state index contributed by atoms with van der Waals surface area (Å²) in [6, 6.07) is 8.04. The number of nitrogens with one attached hydrogen (secondary N) is 1. The lowest BCUT2D eigenvalue weighted by Gasteiger charge is -2.11. The number of aryl methyl sites for hydroxylation is 2. The van der Waals surface area contributed by atoms with Gasteiger partial charge in [-0.2, -0.15) is 0 Å². The molecule has 0 unspecified atom stereocenters. The lowest BCUT2D eigenvalue weighted by Crippen LogP contribution is -2.25. The van der Waals surface area contributed by atoms with E-state index in [9.17, 15) is 14.4 Å². The lowest BCUT2D eigenvalue weighted by atomic mass is 10.2. The number of fused-ring (bicyclic) bond motifs is 1. The first kappa shape index (κ1) is 21.3. The van der Waals surface area contributed by atoms with Crippen LogP contribution in [0.4, 0.5) is 5.69 Å². The molecule has 1 N–H and O–H groups in total. The van der Waals surface area contributed by atoms with Crippen molar-refractivity contribution in [2.75, 3.05) is 19.0 Å².